The number of halogens is 1. The molecular weight excluding hydrogens is 508 g/mol. The third kappa shape index (κ3) is 8.09. The summed E-state index contributed by atoms with van der Waals surface area (Å²) in [5.41, 5.74) is 4.20. The number of piperidine rings is 1. The second kappa shape index (κ2) is 13.5. The Kier molecular flexibility index (Phi) is 10.1. The molecule has 1 aromatic heterocycles. The van der Waals surface area contributed by atoms with Crippen molar-refractivity contribution in [3.05, 3.63) is 82.1 Å². The standard InChI is InChI=1S/C32H43ClN4O2/c1-5-6-17-37-22-28(26(3)34-37)21-36-16-10-15-32(23-36,24-39-29-13-14-30(33)25(2)18-29)19-31(38)35(4)20-27-11-8-7-9-12-27/h7-9,11-14,18,22H,5-6,10,15-17,19-21,23-24H2,1-4H3. The van der Waals surface area contributed by atoms with Crippen molar-refractivity contribution in [1.82, 2.24) is 19.6 Å². The predicted octanol–water partition coefficient (Wildman–Crippen LogP) is 6.66. The van der Waals surface area contributed by atoms with E-state index in [1.54, 1.807) is 0 Å². The number of nitrogens with zero attached hydrogens (tertiary/aromatic N) is 4. The van der Waals surface area contributed by atoms with Crippen LogP contribution in [0.5, 0.6) is 5.75 Å². The number of aromatic nitrogens is 2. The van der Waals surface area contributed by atoms with Crippen LogP contribution in [-0.2, 0) is 24.4 Å². The molecule has 0 saturated carbocycles. The van der Waals surface area contributed by atoms with Gasteiger partial charge in [-0.25, -0.2) is 0 Å². The molecule has 1 unspecified atom stereocenters. The molecule has 39 heavy (non-hydrogen) atoms. The highest BCUT2D eigenvalue weighted by Gasteiger charge is 2.39. The van der Waals surface area contributed by atoms with Gasteiger partial charge < -0.3 is 9.64 Å². The average molecular weight is 551 g/mol. The number of carbonyl (C=O) groups excluding carboxylic acids is 1. The lowest BCUT2D eigenvalue weighted by Crippen LogP contribution is -2.48. The largest absolute Gasteiger partial charge is 0.493 e. The average Bonchev–Trinajstić information content (AvgIpc) is 3.27. The van der Waals surface area contributed by atoms with E-state index in [-0.39, 0.29) is 11.3 Å². The number of carbonyl (C=O) groups is 1. The first-order valence-electron chi connectivity index (χ1n) is 14.2. The molecule has 1 amide bonds. The zero-order valence-electron chi connectivity index (χ0n) is 24.0. The first kappa shape index (κ1) is 29.2. The molecule has 2 heterocycles. The summed E-state index contributed by atoms with van der Waals surface area (Å²) in [6.07, 6.45) is 6.93. The zero-order valence-corrected chi connectivity index (χ0v) is 24.7. The highest BCUT2D eigenvalue weighted by atomic mass is 35.5. The van der Waals surface area contributed by atoms with Gasteiger partial charge in [-0.2, -0.15) is 5.10 Å². The number of unbranched alkanes of at least 4 members (excludes halogenated alkanes) is 1. The minimum Gasteiger partial charge on any atom is -0.493 e. The van der Waals surface area contributed by atoms with E-state index in [0.717, 1.165) is 79.5 Å². The van der Waals surface area contributed by atoms with Crippen molar-refractivity contribution in [3.63, 3.8) is 0 Å². The van der Waals surface area contributed by atoms with Crippen molar-refractivity contribution in [2.45, 2.75) is 72.5 Å². The van der Waals surface area contributed by atoms with Crippen LogP contribution >= 0.6 is 11.6 Å². The van der Waals surface area contributed by atoms with Crippen LogP contribution < -0.4 is 4.74 Å². The third-order valence-corrected chi connectivity index (χ3v) is 8.24. The maximum Gasteiger partial charge on any atom is 0.223 e. The minimum atomic E-state index is -0.278. The van der Waals surface area contributed by atoms with E-state index in [9.17, 15) is 4.79 Å². The molecule has 3 aromatic rings. The molecule has 0 aliphatic carbocycles. The molecule has 1 aliphatic rings. The lowest BCUT2D eigenvalue weighted by atomic mass is 9.77. The second-order valence-electron chi connectivity index (χ2n) is 11.3. The van der Waals surface area contributed by atoms with E-state index in [1.165, 1.54) is 5.56 Å². The van der Waals surface area contributed by atoms with Crippen LogP contribution in [-0.4, -0.2) is 52.2 Å². The fourth-order valence-corrected chi connectivity index (χ4v) is 5.61. The van der Waals surface area contributed by atoms with E-state index in [0.29, 0.717) is 19.6 Å². The van der Waals surface area contributed by atoms with Gasteiger partial charge in [0.05, 0.1) is 12.3 Å². The van der Waals surface area contributed by atoms with Crippen LogP contribution in [0, 0.1) is 19.3 Å². The summed E-state index contributed by atoms with van der Waals surface area (Å²) in [5, 5.41) is 5.48. The Hall–Kier alpha value is -2.83. The van der Waals surface area contributed by atoms with Gasteiger partial charge in [-0.15, -0.1) is 0 Å². The van der Waals surface area contributed by atoms with Crippen molar-refractivity contribution in [1.29, 1.82) is 0 Å². The molecule has 1 aliphatic heterocycles. The van der Waals surface area contributed by atoms with E-state index in [4.69, 9.17) is 21.4 Å². The van der Waals surface area contributed by atoms with Gasteiger partial charge >= 0.3 is 0 Å². The van der Waals surface area contributed by atoms with Gasteiger partial charge in [0.1, 0.15) is 5.75 Å². The quantitative estimate of drug-likeness (QED) is 0.253. The summed E-state index contributed by atoms with van der Waals surface area (Å²) in [4.78, 5) is 17.9. The number of hydrogen-bond donors (Lipinski definition) is 0. The summed E-state index contributed by atoms with van der Waals surface area (Å²) in [7, 11) is 1.90. The van der Waals surface area contributed by atoms with Crippen LogP contribution in [0.2, 0.25) is 5.02 Å². The molecule has 0 bridgehead atoms. The Bertz CT molecular complexity index is 1230. The van der Waals surface area contributed by atoms with E-state index in [1.807, 2.05) is 55.3 Å². The van der Waals surface area contributed by atoms with Crippen molar-refractivity contribution < 1.29 is 9.53 Å². The molecule has 4 rings (SSSR count). The Labute approximate surface area is 238 Å². The van der Waals surface area contributed by atoms with Crippen molar-refractivity contribution in [3.8, 4) is 5.75 Å². The Morgan fingerprint density at radius 1 is 1.18 bits per heavy atom. The van der Waals surface area contributed by atoms with Crippen LogP contribution in [0.1, 0.15) is 61.4 Å². The lowest BCUT2D eigenvalue weighted by molar-refractivity contribution is -0.135. The van der Waals surface area contributed by atoms with Crippen LogP contribution in [0.15, 0.2) is 54.7 Å². The van der Waals surface area contributed by atoms with Gasteiger partial charge in [-0.1, -0.05) is 55.3 Å². The zero-order chi connectivity index (χ0) is 27.8. The third-order valence-electron chi connectivity index (χ3n) is 7.81. The lowest BCUT2D eigenvalue weighted by Gasteiger charge is -2.43. The first-order valence-corrected chi connectivity index (χ1v) is 14.6. The second-order valence-corrected chi connectivity index (χ2v) is 11.7. The normalized spacial score (nSPS) is 17.8. The summed E-state index contributed by atoms with van der Waals surface area (Å²) >= 11 is 6.25. The number of likely N-dealkylation sites (tertiary alicyclic amines) is 1. The molecule has 1 atom stereocenters. The molecule has 0 spiro atoms. The monoisotopic (exact) mass is 550 g/mol. The smallest absolute Gasteiger partial charge is 0.223 e. The Morgan fingerprint density at radius 2 is 1.97 bits per heavy atom. The summed E-state index contributed by atoms with van der Waals surface area (Å²) in [6.45, 7) is 11.0. The number of aryl methyl sites for hydroxylation is 3. The summed E-state index contributed by atoms with van der Waals surface area (Å²) < 4.78 is 8.46. The SMILES string of the molecule is CCCCn1cc(CN2CCCC(COc3ccc(Cl)c(C)c3)(CC(=O)N(C)Cc3ccccc3)C2)c(C)n1. The van der Waals surface area contributed by atoms with Gasteiger partial charge in [0, 0.05) is 61.8 Å². The molecule has 7 heteroatoms. The highest BCUT2D eigenvalue weighted by Crippen LogP contribution is 2.36. The van der Waals surface area contributed by atoms with E-state index in [2.05, 4.69) is 41.8 Å². The molecule has 1 saturated heterocycles. The number of amides is 1. The van der Waals surface area contributed by atoms with Crippen LogP contribution in [0.4, 0.5) is 0 Å². The van der Waals surface area contributed by atoms with E-state index >= 15 is 0 Å². The van der Waals surface area contributed by atoms with Gasteiger partial charge in [-0.05, 0) is 69.0 Å². The van der Waals surface area contributed by atoms with Gasteiger partial charge in [-0.3, -0.25) is 14.4 Å². The molecule has 6 nitrogen and oxygen atoms in total. The number of rotatable bonds is 12. The topological polar surface area (TPSA) is 50.6 Å². The predicted molar refractivity (Wildman–Crippen MR) is 158 cm³/mol. The van der Waals surface area contributed by atoms with Gasteiger partial charge in [0.2, 0.25) is 5.91 Å². The Morgan fingerprint density at radius 3 is 2.72 bits per heavy atom. The number of ether oxygens (including phenoxy) is 1. The van der Waals surface area contributed by atoms with E-state index < -0.39 is 0 Å². The molecular formula is C32H43ClN4O2. The highest BCUT2D eigenvalue weighted by molar-refractivity contribution is 6.31. The van der Waals surface area contributed by atoms with Crippen LogP contribution in [0.3, 0.4) is 0 Å². The van der Waals surface area contributed by atoms with Gasteiger partial charge in [0.25, 0.3) is 0 Å². The maximum atomic E-state index is 13.6. The maximum absolute atomic E-state index is 13.6. The van der Waals surface area contributed by atoms with Crippen LogP contribution in [0.25, 0.3) is 0 Å². The summed E-state index contributed by atoms with van der Waals surface area (Å²) in [6, 6.07) is 15.9. The van der Waals surface area contributed by atoms with Crippen molar-refractivity contribution in [2.24, 2.45) is 5.41 Å². The van der Waals surface area contributed by atoms with Gasteiger partial charge in [0.15, 0.2) is 0 Å². The molecule has 0 radical (unpaired) electrons. The molecule has 1 fully saturated rings. The number of benzene rings is 2. The Balaban J connectivity index is 1.50. The van der Waals surface area contributed by atoms with Crippen molar-refractivity contribution in [2.75, 3.05) is 26.7 Å². The fourth-order valence-electron chi connectivity index (χ4n) is 5.49. The molecule has 2 aromatic carbocycles. The van der Waals surface area contributed by atoms with Crippen molar-refractivity contribution >= 4 is 17.5 Å². The molecule has 0 N–H and O–H groups in total. The number of hydrogen-bond acceptors (Lipinski definition) is 4. The molecule has 210 valence electrons. The fraction of sp³-hybridized carbons (Fsp3) is 0.500. The minimum absolute atomic E-state index is 0.153. The summed E-state index contributed by atoms with van der Waals surface area (Å²) in [5.74, 6) is 0.951. The first-order chi connectivity index (χ1) is 18.8.